The maximum absolute atomic E-state index is 5.89. The molecule has 0 N–H and O–H groups in total. The molecule has 0 aliphatic rings. The predicted molar refractivity (Wildman–Crippen MR) is 156 cm³/mol. The monoisotopic (exact) mass is 544 g/mol. The van der Waals surface area contributed by atoms with Gasteiger partial charge in [-0.15, -0.1) is 6.58 Å². The average Bonchev–Trinajstić information content (AvgIpc) is 2.94. The van der Waals surface area contributed by atoms with Gasteiger partial charge in [0.25, 0.3) is 0 Å². The van der Waals surface area contributed by atoms with Crippen molar-refractivity contribution in [2.45, 2.75) is 127 Å². The lowest BCUT2D eigenvalue weighted by Gasteiger charge is -2.30. The number of ether oxygens (including phenoxy) is 7. The van der Waals surface area contributed by atoms with Gasteiger partial charge in [-0.3, -0.25) is 0 Å². The van der Waals surface area contributed by atoms with Crippen LogP contribution in [-0.4, -0.2) is 92.5 Å². The van der Waals surface area contributed by atoms with E-state index in [1.165, 1.54) is 24.8 Å². The van der Waals surface area contributed by atoms with Gasteiger partial charge >= 0.3 is 0 Å². The third kappa shape index (κ3) is 16.3. The molecule has 0 rings (SSSR count). The van der Waals surface area contributed by atoms with Crippen molar-refractivity contribution >= 4 is 0 Å². The minimum Gasteiger partial charge on any atom is -0.381 e. The summed E-state index contributed by atoms with van der Waals surface area (Å²) in [6.45, 7) is 8.21. The highest BCUT2D eigenvalue weighted by Gasteiger charge is 2.27. The topological polar surface area (TPSA) is 64.6 Å². The first-order chi connectivity index (χ1) is 18.3. The number of allylic oxidation sites excluding steroid dienone is 1. The Bertz CT molecular complexity index is 583. The van der Waals surface area contributed by atoms with E-state index in [4.69, 9.17) is 33.2 Å². The van der Waals surface area contributed by atoms with Gasteiger partial charge in [-0.1, -0.05) is 31.9 Å². The van der Waals surface area contributed by atoms with Gasteiger partial charge in [-0.25, -0.2) is 0 Å². The van der Waals surface area contributed by atoms with Crippen LogP contribution in [0.4, 0.5) is 0 Å². The molecule has 0 aromatic carbocycles. The Morgan fingerprint density at radius 1 is 0.579 bits per heavy atom. The molecule has 7 atom stereocenters. The zero-order valence-electron chi connectivity index (χ0n) is 26.0. The summed E-state index contributed by atoms with van der Waals surface area (Å²) in [5, 5.41) is 0. The summed E-state index contributed by atoms with van der Waals surface area (Å²) < 4.78 is 40.6. The summed E-state index contributed by atoms with van der Waals surface area (Å²) in [5.74, 6) is 0. The van der Waals surface area contributed by atoms with Gasteiger partial charge in [0.05, 0.1) is 42.7 Å². The molecule has 0 aliphatic heterocycles. The smallest absolute Gasteiger partial charge is 0.0803 e. The van der Waals surface area contributed by atoms with E-state index in [0.29, 0.717) is 0 Å². The normalized spacial score (nSPS) is 18.0. The molecule has 0 aliphatic carbocycles. The van der Waals surface area contributed by atoms with E-state index in [9.17, 15) is 0 Å². The van der Waals surface area contributed by atoms with Crippen molar-refractivity contribution in [2.24, 2.45) is 0 Å². The van der Waals surface area contributed by atoms with Crippen LogP contribution in [0.1, 0.15) is 84.5 Å². The molecule has 0 saturated heterocycles. The van der Waals surface area contributed by atoms with Crippen molar-refractivity contribution in [3.63, 3.8) is 0 Å². The Balaban J connectivity index is 5.07. The third-order valence-corrected chi connectivity index (χ3v) is 7.60. The SMILES string of the molecule is C=CCC(CC(CC(CC(CC(CC(CC(OC)C(C)=CCCCCC)OC)OC)OC)OC)OC)OC. The van der Waals surface area contributed by atoms with Crippen LogP contribution in [0.2, 0.25) is 0 Å². The Labute approximate surface area is 234 Å². The van der Waals surface area contributed by atoms with E-state index in [1.54, 1.807) is 49.8 Å². The standard InChI is InChI=1S/C31H60O7/c1-11-13-14-15-17-24(3)31(38-10)23-30(37-9)22-29(36-8)21-28(35-7)20-27(34-6)19-26(33-5)18-25(32-4)16-12-2/h12,17,25-31H,2,11,13-16,18-23H2,1,3-10H3. The molecule has 0 bridgehead atoms. The molecule has 0 saturated carbocycles. The molecule has 7 heteroatoms. The van der Waals surface area contributed by atoms with Gasteiger partial charge in [-0.2, -0.15) is 0 Å². The fourth-order valence-electron chi connectivity index (χ4n) is 4.95. The van der Waals surface area contributed by atoms with Gasteiger partial charge in [0.2, 0.25) is 0 Å². The molecular weight excluding hydrogens is 484 g/mol. The van der Waals surface area contributed by atoms with Crippen molar-refractivity contribution < 1.29 is 33.2 Å². The van der Waals surface area contributed by atoms with E-state index in [1.807, 2.05) is 6.08 Å². The minimum atomic E-state index is -0.00951. The van der Waals surface area contributed by atoms with Crippen molar-refractivity contribution in [1.29, 1.82) is 0 Å². The van der Waals surface area contributed by atoms with E-state index in [-0.39, 0.29) is 42.7 Å². The summed E-state index contributed by atoms with van der Waals surface area (Å²) >= 11 is 0. The molecule has 7 unspecified atom stereocenters. The second-order valence-corrected chi connectivity index (χ2v) is 10.3. The van der Waals surface area contributed by atoms with E-state index < -0.39 is 0 Å². The van der Waals surface area contributed by atoms with Crippen LogP contribution in [0.15, 0.2) is 24.3 Å². The van der Waals surface area contributed by atoms with Gasteiger partial charge in [0, 0.05) is 62.6 Å². The molecule has 0 aromatic rings. The number of hydrogen-bond donors (Lipinski definition) is 0. The van der Waals surface area contributed by atoms with E-state index >= 15 is 0 Å². The van der Waals surface area contributed by atoms with Crippen molar-refractivity contribution in [3.05, 3.63) is 24.3 Å². The average molecular weight is 545 g/mol. The number of methoxy groups -OCH3 is 7. The molecule has 0 aromatic heterocycles. The summed E-state index contributed by atoms with van der Waals surface area (Å²) in [4.78, 5) is 0. The quantitative estimate of drug-likeness (QED) is 0.0905. The Morgan fingerprint density at radius 2 is 0.974 bits per heavy atom. The molecule has 0 spiro atoms. The molecular formula is C31H60O7. The van der Waals surface area contributed by atoms with Gasteiger partial charge in [0.1, 0.15) is 0 Å². The Kier molecular flexibility index (Phi) is 23.5. The lowest BCUT2D eigenvalue weighted by molar-refractivity contribution is -0.0517. The van der Waals surface area contributed by atoms with Crippen LogP contribution in [0.3, 0.4) is 0 Å². The summed E-state index contributed by atoms with van der Waals surface area (Å²) in [7, 11) is 12.3. The molecule has 226 valence electrons. The fraction of sp³-hybridized carbons (Fsp3) is 0.871. The first kappa shape index (κ1) is 37.2. The first-order valence-electron chi connectivity index (χ1n) is 14.3. The molecule has 7 nitrogen and oxygen atoms in total. The lowest BCUT2D eigenvalue weighted by atomic mass is 9.94. The summed E-state index contributed by atoms with van der Waals surface area (Å²) in [5.41, 5.74) is 1.27. The van der Waals surface area contributed by atoms with Gasteiger partial charge < -0.3 is 33.2 Å². The Morgan fingerprint density at radius 3 is 1.32 bits per heavy atom. The lowest BCUT2D eigenvalue weighted by Crippen LogP contribution is -2.33. The van der Waals surface area contributed by atoms with Gasteiger partial charge in [0.15, 0.2) is 0 Å². The second kappa shape index (κ2) is 24.0. The molecule has 0 radical (unpaired) electrons. The zero-order valence-corrected chi connectivity index (χ0v) is 26.0. The Hall–Kier alpha value is -0.800. The highest BCUT2D eigenvalue weighted by molar-refractivity contribution is 5.05. The van der Waals surface area contributed by atoms with Crippen LogP contribution < -0.4 is 0 Å². The maximum atomic E-state index is 5.89. The van der Waals surface area contributed by atoms with Crippen molar-refractivity contribution in [1.82, 2.24) is 0 Å². The minimum absolute atomic E-state index is 0.000215. The van der Waals surface area contributed by atoms with Gasteiger partial charge in [-0.05, 0) is 57.4 Å². The molecule has 0 amide bonds. The second-order valence-electron chi connectivity index (χ2n) is 10.3. The molecule has 0 heterocycles. The fourth-order valence-corrected chi connectivity index (χ4v) is 4.95. The largest absolute Gasteiger partial charge is 0.381 e. The number of unbranched alkanes of at least 4 members (excludes halogenated alkanes) is 3. The molecule has 38 heavy (non-hydrogen) atoms. The van der Waals surface area contributed by atoms with Crippen LogP contribution in [0.5, 0.6) is 0 Å². The van der Waals surface area contributed by atoms with Crippen LogP contribution in [0.25, 0.3) is 0 Å². The highest BCUT2D eigenvalue weighted by atomic mass is 16.5. The summed E-state index contributed by atoms with van der Waals surface area (Å²) in [6, 6.07) is 0. The maximum Gasteiger partial charge on any atom is 0.0803 e. The van der Waals surface area contributed by atoms with Crippen LogP contribution in [0, 0.1) is 0 Å². The summed E-state index contributed by atoms with van der Waals surface area (Å²) in [6.07, 6.45) is 14.6. The van der Waals surface area contributed by atoms with Crippen molar-refractivity contribution in [2.75, 3.05) is 49.8 Å². The van der Waals surface area contributed by atoms with Crippen LogP contribution >= 0.6 is 0 Å². The zero-order chi connectivity index (χ0) is 28.8. The first-order valence-corrected chi connectivity index (χ1v) is 14.3. The number of hydrogen-bond acceptors (Lipinski definition) is 7. The van der Waals surface area contributed by atoms with E-state index in [0.717, 1.165) is 51.4 Å². The van der Waals surface area contributed by atoms with Crippen LogP contribution in [-0.2, 0) is 33.2 Å². The van der Waals surface area contributed by atoms with E-state index in [2.05, 4.69) is 26.5 Å². The number of rotatable bonds is 26. The van der Waals surface area contributed by atoms with Crippen molar-refractivity contribution in [3.8, 4) is 0 Å². The molecule has 0 fully saturated rings. The third-order valence-electron chi connectivity index (χ3n) is 7.60. The highest BCUT2D eigenvalue weighted by Crippen LogP contribution is 2.24. The predicted octanol–water partition coefficient (Wildman–Crippen LogP) is 6.53.